The third kappa shape index (κ3) is 3.48. The molecule has 3 heterocycles. The maximum absolute atomic E-state index is 12.5. The van der Waals surface area contributed by atoms with Crippen LogP contribution in [0.15, 0.2) is 35.1 Å². The summed E-state index contributed by atoms with van der Waals surface area (Å²) in [7, 11) is 0. The summed E-state index contributed by atoms with van der Waals surface area (Å²) in [6.45, 7) is 4.83. The average molecular weight is 327 g/mol. The molecule has 6 nitrogen and oxygen atoms in total. The van der Waals surface area contributed by atoms with Crippen LogP contribution in [0, 0.1) is 19.8 Å². The van der Waals surface area contributed by atoms with Crippen LogP contribution >= 0.6 is 0 Å². The lowest BCUT2D eigenvalue weighted by Crippen LogP contribution is -2.43. The first-order valence-corrected chi connectivity index (χ1v) is 8.11. The number of anilines is 1. The maximum atomic E-state index is 12.5. The van der Waals surface area contributed by atoms with Gasteiger partial charge in [-0.25, -0.2) is 4.98 Å². The molecule has 6 heteroatoms. The van der Waals surface area contributed by atoms with Crippen molar-refractivity contribution in [3.8, 4) is 0 Å². The van der Waals surface area contributed by atoms with Crippen LogP contribution < -0.4 is 5.32 Å². The Kier molecular flexibility index (Phi) is 4.64. The predicted molar refractivity (Wildman–Crippen MR) is 89.7 cm³/mol. The van der Waals surface area contributed by atoms with Crippen molar-refractivity contribution in [1.29, 1.82) is 0 Å². The molecule has 1 unspecified atom stereocenters. The van der Waals surface area contributed by atoms with Crippen molar-refractivity contribution < 1.29 is 14.0 Å². The van der Waals surface area contributed by atoms with E-state index in [-0.39, 0.29) is 17.7 Å². The van der Waals surface area contributed by atoms with Crippen LogP contribution in [0.4, 0.5) is 5.82 Å². The first kappa shape index (κ1) is 16.2. The van der Waals surface area contributed by atoms with Crippen molar-refractivity contribution in [2.45, 2.75) is 26.7 Å². The van der Waals surface area contributed by atoms with Gasteiger partial charge in [-0.05, 0) is 44.4 Å². The topological polar surface area (TPSA) is 75.4 Å². The van der Waals surface area contributed by atoms with Gasteiger partial charge in [-0.1, -0.05) is 6.07 Å². The monoisotopic (exact) mass is 327 g/mol. The van der Waals surface area contributed by atoms with Crippen LogP contribution in [0.2, 0.25) is 0 Å². The summed E-state index contributed by atoms with van der Waals surface area (Å²) in [6, 6.07) is 5.45. The van der Waals surface area contributed by atoms with Gasteiger partial charge in [-0.2, -0.15) is 0 Å². The Hall–Kier alpha value is -2.63. The van der Waals surface area contributed by atoms with Gasteiger partial charge in [0.1, 0.15) is 5.82 Å². The van der Waals surface area contributed by atoms with Crippen molar-refractivity contribution in [2.75, 3.05) is 18.4 Å². The molecule has 1 fully saturated rings. The zero-order valence-electron chi connectivity index (χ0n) is 13.9. The number of carbonyl (C=O) groups is 2. The molecule has 2 aromatic rings. The Labute approximate surface area is 140 Å². The number of hydrogen-bond donors (Lipinski definition) is 1. The molecule has 3 rings (SSSR count). The fraction of sp³-hybridized carbons (Fsp3) is 0.389. The average Bonchev–Trinajstić information content (AvgIpc) is 3.02. The minimum Gasteiger partial charge on any atom is -0.459 e. The summed E-state index contributed by atoms with van der Waals surface area (Å²) in [5, 5.41) is 2.83. The third-order valence-electron chi connectivity index (χ3n) is 4.30. The van der Waals surface area contributed by atoms with Gasteiger partial charge in [0.05, 0.1) is 12.2 Å². The summed E-state index contributed by atoms with van der Waals surface area (Å²) in [5.41, 5.74) is 1.85. The number of likely N-dealkylation sites (tertiary alicyclic amines) is 1. The highest BCUT2D eigenvalue weighted by Crippen LogP contribution is 2.21. The third-order valence-corrected chi connectivity index (χ3v) is 4.30. The molecule has 1 atom stereocenters. The Bertz CT molecular complexity index is 736. The number of aromatic nitrogens is 1. The number of nitrogens with one attached hydrogen (secondary N) is 1. The highest BCUT2D eigenvalue weighted by Gasteiger charge is 2.30. The van der Waals surface area contributed by atoms with Gasteiger partial charge < -0.3 is 14.6 Å². The summed E-state index contributed by atoms with van der Waals surface area (Å²) in [6.07, 6.45) is 4.79. The molecule has 24 heavy (non-hydrogen) atoms. The van der Waals surface area contributed by atoms with E-state index >= 15 is 0 Å². The highest BCUT2D eigenvalue weighted by molar-refractivity contribution is 5.95. The Morgan fingerprint density at radius 2 is 2.12 bits per heavy atom. The second kappa shape index (κ2) is 6.86. The summed E-state index contributed by atoms with van der Waals surface area (Å²) in [4.78, 5) is 30.9. The molecule has 1 N–H and O–H groups in total. The van der Waals surface area contributed by atoms with Crippen molar-refractivity contribution in [1.82, 2.24) is 9.88 Å². The predicted octanol–water partition coefficient (Wildman–Crippen LogP) is 2.78. The first-order valence-electron chi connectivity index (χ1n) is 8.11. The molecule has 0 bridgehead atoms. The van der Waals surface area contributed by atoms with Crippen LogP contribution in [-0.2, 0) is 4.79 Å². The van der Waals surface area contributed by atoms with E-state index in [1.807, 2.05) is 19.9 Å². The van der Waals surface area contributed by atoms with Crippen molar-refractivity contribution in [3.63, 3.8) is 0 Å². The number of amides is 2. The number of carbonyl (C=O) groups excluding carboxylic acids is 2. The molecular weight excluding hydrogens is 306 g/mol. The molecule has 2 aromatic heterocycles. The van der Waals surface area contributed by atoms with Gasteiger partial charge >= 0.3 is 0 Å². The van der Waals surface area contributed by atoms with Gasteiger partial charge in [0.2, 0.25) is 5.91 Å². The molecule has 1 aliphatic heterocycles. The molecule has 0 spiro atoms. The van der Waals surface area contributed by atoms with Gasteiger partial charge in [0.15, 0.2) is 5.76 Å². The zero-order chi connectivity index (χ0) is 17.1. The lowest BCUT2D eigenvalue weighted by molar-refractivity contribution is -0.121. The van der Waals surface area contributed by atoms with Crippen LogP contribution in [-0.4, -0.2) is 34.8 Å². The van der Waals surface area contributed by atoms with Crippen LogP contribution in [0.5, 0.6) is 0 Å². The van der Waals surface area contributed by atoms with E-state index in [4.69, 9.17) is 4.42 Å². The molecule has 0 aromatic carbocycles. The molecule has 2 amide bonds. The van der Waals surface area contributed by atoms with Gasteiger partial charge in [0.25, 0.3) is 5.91 Å². The molecule has 1 saturated heterocycles. The molecular formula is C18H21N3O3. The normalized spacial score (nSPS) is 17.6. The SMILES string of the molecule is Cc1ccc(NC(=O)C2CCCN(C(=O)c3occc3C)C2)nc1. The minimum absolute atomic E-state index is 0.0972. The first-order chi connectivity index (χ1) is 11.5. The minimum atomic E-state index is -0.235. The van der Waals surface area contributed by atoms with E-state index in [1.54, 1.807) is 23.2 Å². The van der Waals surface area contributed by atoms with Crippen molar-refractivity contribution >= 4 is 17.6 Å². The summed E-state index contributed by atoms with van der Waals surface area (Å²) in [5.74, 6) is 0.414. The largest absolute Gasteiger partial charge is 0.459 e. The fourth-order valence-corrected chi connectivity index (χ4v) is 2.88. The number of furan rings is 1. The molecule has 0 saturated carbocycles. The number of nitrogens with zero attached hydrogens (tertiary/aromatic N) is 2. The number of hydrogen-bond acceptors (Lipinski definition) is 4. The summed E-state index contributed by atoms with van der Waals surface area (Å²) >= 11 is 0. The Morgan fingerprint density at radius 1 is 1.29 bits per heavy atom. The standard InChI is InChI=1S/C18H21N3O3/c1-12-5-6-15(19-10-12)20-17(22)14-4-3-8-21(11-14)18(23)16-13(2)7-9-24-16/h5-7,9-10,14H,3-4,8,11H2,1-2H3,(H,19,20,22). The lowest BCUT2D eigenvalue weighted by Gasteiger charge is -2.31. The smallest absolute Gasteiger partial charge is 0.289 e. The van der Waals surface area contributed by atoms with Gasteiger partial charge in [-0.3, -0.25) is 9.59 Å². The Morgan fingerprint density at radius 3 is 2.79 bits per heavy atom. The van der Waals surface area contributed by atoms with Gasteiger partial charge in [0, 0.05) is 24.8 Å². The fourth-order valence-electron chi connectivity index (χ4n) is 2.88. The van der Waals surface area contributed by atoms with Crippen LogP contribution in [0.1, 0.15) is 34.5 Å². The summed E-state index contributed by atoms with van der Waals surface area (Å²) < 4.78 is 5.28. The van der Waals surface area contributed by atoms with E-state index in [1.165, 1.54) is 6.26 Å². The van der Waals surface area contributed by atoms with Crippen LogP contribution in [0.3, 0.4) is 0 Å². The van der Waals surface area contributed by atoms with E-state index in [9.17, 15) is 9.59 Å². The molecule has 0 radical (unpaired) electrons. The van der Waals surface area contributed by atoms with E-state index < -0.39 is 0 Å². The van der Waals surface area contributed by atoms with Gasteiger partial charge in [-0.15, -0.1) is 0 Å². The maximum Gasteiger partial charge on any atom is 0.289 e. The zero-order valence-corrected chi connectivity index (χ0v) is 13.9. The molecule has 126 valence electrons. The Balaban J connectivity index is 1.64. The van der Waals surface area contributed by atoms with Crippen molar-refractivity contribution in [2.24, 2.45) is 5.92 Å². The highest BCUT2D eigenvalue weighted by atomic mass is 16.3. The van der Waals surface area contributed by atoms with Crippen LogP contribution in [0.25, 0.3) is 0 Å². The lowest BCUT2D eigenvalue weighted by atomic mass is 9.96. The number of aryl methyl sites for hydroxylation is 2. The quantitative estimate of drug-likeness (QED) is 0.940. The number of piperidine rings is 1. The molecule has 0 aliphatic carbocycles. The number of rotatable bonds is 3. The molecule has 1 aliphatic rings. The number of pyridine rings is 1. The van der Waals surface area contributed by atoms with Crippen molar-refractivity contribution in [3.05, 3.63) is 47.5 Å². The van der Waals surface area contributed by atoms with E-state index in [0.717, 1.165) is 24.0 Å². The van der Waals surface area contributed by atoms with E-state index in [0.29, 0.717) is 24.7 Å². The second-order valence-electron chi connectivity index (χ2n) is 6.23. The second-order valence-corrected chi connectivity index (χ2v) is 6.23. The van der Waals surface area contributed by atoms with E-state index in [2.05, 4.69) is 10.3 Å².